The average molecular weight is 927 g/mol. The van der Waals surface area contributed by atoms with Gasteiger partial charge in [0.2, 0.25) is 17.7 Å². The first-order valence-corrected chi connectivity index (χ1v) is 27.6. The van der Waals surface area contributed by atoms with E-state index in [-0.39, 0.29) is 63.8 Å². The molecular formula is C51H99N4O8P. The Hall–Kier alpha value is -2.08. The second-order valence-electron chi connectivity index (χ2n) is 17.7. The van der Waals surface area contributed by atoms with Crippen molar-refractivity contribution in [2.45, 2.75) is 233 Å². The smallest absolute Gasteiger partial charge is 0.354 e. The molecule has 4 N–H and O–H groups in total. The van der Waals surface area contributed by atoms with Gasteiger partial charge in [0.05, 0.1) is 26.4 Å². The minimum absolute atomic E-state index is 0.0109. The highest BCUT2D eigenvalue weighted by molar-refractivity contribution is 7.51. The third kappa shape index (κ3) is 46.4. The minimum Gasteiger partial charge on any atom is -0.354 e. The number of carbonyl (C=O) groups is 3. The molecule has 0 aliphatic carbocycles. The molecule has 13 heteroatoms. The van der Waals surface area contributed by atoms with E-state index in [0.29, 0.717) is 19.4 Å². The molecule has 0 rings (SSSR count). The molecule has 12 nitrogen and oxygen atoms in total. The molecule has 0 aliphatic rings. The van der Waals surface area contributed by atoms with Gasteiger partial charge in [-0.25, -0.2) is 9.65 Å². The third-order valence-corrected chi connectivity index (χ3v) is 12.6. The van der Waals surface area contributed by atoms with E-state index in [0.717, 1.165) is 51.4 Å². The van der Waals surface area contributed by atoms with Crippen LogP contribution >= 0.6 is 7.75 Å². The molecule has 0 fully saturated rings. The number of amides is 3. The van der Waals surface area contributed by atoms with E-state index in [1.165, 1.54) is 135 Å². The fraction of sp³-hybridized carbons (Fsp3) is 0.863. The Morgan fingerprint density at radius 2 is 0.781 bits per heavy atom. The lowest BCUT2D eigenvalue weighted by Gasteiger charge is -2.26. The third-order valence-electron chi connectivity index (χ3n) is 11.0. The van der Waals surface area contributed by atoms with E-state index in [1.54, 1.807) is 13.8 Å². The van der Waals surface area contributed by atoms with Gasteiger partial charge in [-0.05, 0) is 78.1 Å². The molecule has 376 valence electrons. The Kier molecular flexibility index (Phi) is 44.6. The summed E-state index contributed by atoms with van der Waals surface area (Å²) in [4.78, 5) is 36.1. The highest BCUT2D eigenvalue weighted by atomic mass is 31.2. The van der Waals surface area contributed by atoms with Gasteiger partial charge in [0.25, 0.3) is 0 Å². The lowest BCUT2D eigenvalue weighted by Crippen LogP contribution is -2.35. The van der Waals surface area contributed by atoms with Crippen molar-refractivity contribution in [1.29, 1.82) is 0 Å². The average Bonchev–Trinajstić information content (AvgIpc) is 3.26. The highest BCUT2D eigenvalue weighted by Gasteiger charge is 2.25. The molecular weight excluding hydrogens is 828 g/mol. The zero-order valence-electron chi connectivity index (χ0n) is 41.9. The van der Waals surface area contributed by atoms with E-state index in [1.807, 2.05) is 0 Å². The summed E-state index contributed by atoms with van der Waals surface area (Å²) >= 11 is 0. The number of carbonyl (C=O) groups excluding carboxylic acids is 3. The Labute approximate surface area is 392 Å². The lowest BCUT2D eigenvalue weighted by atomic mass is 10.1. The van der Waals surface area contributed by atoms with Crippen molar-refractivity contribution in [3.8, 4) is 0 Å². The summed E-state index contributed by atoms with van der Waals surface area (Å²) in [7, 11) is -3.80. The van der Waals surface area contributed by atoms with E-state index in [9.17, 15) is 18.9 Å². The molecule has 0 spiro atoms. The zero-order chi connectivity index (χ0) is 47.1. The van der Waals surface area contributed by atoms with Gasteiger partial charge in [-0.2, -0.15) is 0 Å². The van der Waals surface area contributed by atoms with E-state index >= 15 is 0 Å². The van der Waals surface area contributed by atoms with Crippen LogP contribution in [0.3, 0.4) is 0 Å². The minimum atomic E-state index is -3.80. The molecule has 64 heavy (non-hydrogen) atoms. The first-order valence-electron chi connectivity index (χ1n) is 26.0. The fourth-order valence-corrected chi connectivity index (χ4v) is 8.41. The van der Waals surface area contributed by atoms with E-state index in [2.05, 4.69) is 59.2 Å². The topological polar surface area (TPSA) is 153 Å². The number of nitrogens with one attached hydrogen (secondary N) is 4. The van der Waals surface area contributed by atoms with Gasteiger partial charge >= 0.3 is 7.75 Å². The SMILES string of the molecule is CCCCCCCCCC=CCCCCCCCC(=O)NCCOP(=O)(NCCOC(C)(C)OCCNC(C)=O)OCCNC(=O)CCCCCCCC=CCCCCCCCCC. The summed E-state index contributed by atoms with van der Waals surface area (Å²) < 4.78 is 36.5. The van der Waals surface area contributed by atoms with E-state index in [4.69, 9.17) is 18.5 Å². The van der Waals surface area contributed by atoms with Crippen LogP contribution in [0, 0.1) is 0 Å². The molecule has 0 bridgehead atoms. The standard InChI is InChI=1S/C51H99N4O8P/c1-6-8-10-12-14-16-18-20-22-24-26-28-30-32-34-36-38-49(57)53-41-46-62-64(59,55-43-45-61-51(4,5)60-44-40-52-48(3)56)63-47-42-54-50(58)39-37-35-33-31-29-27-25-23-21-19-17-15-13-11-9-7-2/h22-25H,6-21,26-47H2,1-5H3,(H,52,56)(H,53,57)(H,54,58)(H,55,59). The summed E-state index contributed by atoms with van der Waals surface area (Å²) in [5, 5.41) is 11.2. The van der Waals surface area contributed by atoms with Gasteiger partial charge in [0, 0.05) is 45.9 Å². The number of hydrogen-bond donors (Lipinski definition) is 4. The lowest BCUT2D eigenvalue weighted by molar-refractivity contribution is -0.211. The molecule has 0 heterocycles. The van der Waals surface area contributed by atoms with Crippen LogP contribution in [0.2, 0.25) is 0 Å². The van der Waals surface area contributed by atoms with Crippen molar-refractivity contribution >= 4 is 25.5 Å². The largest absolute Gasteiger partial charge is 0.405 e. The molecule has 0 aliphatic heterocycles. The van der Waals surface area contributed by atoms with Crippen molar-refractivity contribution in [2.75, 3.05) is 52.6 Å². The van der Waals surface area contributed by atoms with Gasteiger partial charge in [-0.15, -0.1) is 0 Å². The van der Waals surface area contributed by atoms with Crippen LogP contribution < -0.4 is 21.0 Å². The van der Waals surface area contributed by atoms with Crippen LogP contribution in [-0.4, -0.2) is 76.1 Å². The Balaban J connectivity index is 4.38. The summed E-state index contributed by atoms with van der Waals surface area (Å²) in [5.74, 6) is -1.19. The first kappa shape index (κ1) is 61.9. The maximum atomic E-state index is 13.7. The highest BCUT2D eigenvalue weighted by Crippen LogP contribution is 2.43. The summed E-state index contributed by atoms with van der Waals surface area (Å²) in [6, 6.07) is 0. The summed E-state index contributed by atoms with van der Waals surface area (Å²) in [6.07, 6.45) is 44.5. The van der Waals surface area contributed by atoms with Crippen LogP contribution in [0.5, 0.6) is 0 Å². The van der Waals surface area contributed by atoms with Crippen molar-refractivity contribution in [1.82, 2.24) is 21.0 Å². The van der Waals surface area contributed by atoms with Gasteiger partial charge in [0.1, 0.15) is 0 Å². The fourth-order valence-electron chi connectivity index (χ4n) is 7.13. The number of rotatable bonds is 49. The number of ether oxygens (including phenoxy) is 2. The van der Waals surface area contributed by atoms with Crippen LogP contribution in [-0.2, 0) is 37.5 Å². The molecule has 0 aromatic heterocycles. The van der Waals surface area contributed by atoms with Crippen LogP contribution in [0.4, 0.5) is 0 Å². The second-order valence-corrected chi connectivity index (χ2v) is 19.6. The Bertz CT molecular complexity index is 1140. The Morgan fingerprint density at radius 3 is 1.16 bits per heavy atom. The maximum absolute atomic E-state index is 13.7. The van der Waals surface area contributed by atoms with Crippen LogP contribution in [0.1, 0.15) is 227 Å². The predicted octanol–water partition coefficient (Wildman–Crippen LogP) is 12.7. The monoisotopic (exact) mass is 927 g/mol. The second kappa shape index (κ2) is 46.0. The van der Waals surface area contributed by atoms with Gasteiger partial charge in [-0.3, -0.25) is 23.4 Å². The van der Waals surface area contributed by atoms with Crippen molar-refractivity contribution in [3.63, 3.8) is 0 Å². The molecule has 0 radical (unpaired) electrons. The van der Waals surface area contributed by atoms with Gasteiger partial charge in [-0.1, -0.05) is 154 Å². The van der Waals surface area contributed by atoms with Crippen molar-refractivity contribution in [2.24, 2.45) is 0 Å². The maximum Gasteiger partial charge on any atom is 0.405 e. The molecule has 0 unspecified atom stereocenters. The normalized spacial score (nSPS) is 12.9. The summed E-state index contributed by atoms with van der Waals surface area (Å²) in [5.41, 5.74) is 0. The van der Waals surface area contributed by atoms with Crippen molar-refractivity contribution in [3.05, 3.63) is 24.3 Å². The predicted molar refractivity (Wildman–Crippen MR) is 266 cm³/mol. The van der Waals surface area contributed by atoms with Crippen LogP contribution in [0.25, 0.3) is 0 Å². The molecule has 3 amide bonds. The number of unbranched alkanes of at least 4 members (excludes halogenated alkanes) is 24. The summed E-state index contributed by atoms with van der Waals surface area (Å²) in [6.45, 7) is 10.8. The molecule has 0 aromatic carbocycles. The Morgan fingerprint density at radius 1 is 0.453 bits per heavy atom. The molecule has 0 saturated carbocycles. The quantitative estimate of drug-likeness (QED) is 0.0202. The first-order chi connectivity index (χ1) is 31.0. The van der Waals surface area contributed by atoms with Gasteiger partial charge < -0.3 is 25.4 Å². The van der Waals surface area contributed by atoms with Crippen molar-refractivity contribution < 1.29 is 37.5 Å². The zero-order valence-corrected chi connectivity index (χ0v) is 42.8. The van der Waals surface area contributed by atoms with E-state index < -0.39 is 13.5 Å². The van der Waals surface area contributed by atoms with Crippen LogP contribution in [0.15, 0.2) is 24.3 Å². The molecule has 0 aromatic rings. The number of hydrogen-bond acceptors (Lipinski definition) is 8. The molecule has 0 saturated heterocycles. The number of allylic oxidation sites excluding steroid dienone is 4. The van der Waals surface area contributed by atoms with Gasteiger partial charge in [0.15, 0.2) is 5.79 Å². The molecule has 0 atom stereocenters.